The summed E-state index contributed by atoms with van der Waals surface area (Å²) in [4.78, 5) is 11.9. The molecule has 0 aliphatic carbocycles. The summed E-state index contributed by atoms with van der Waals surface area (Å²) in [5.74, 6) is 0. The van der Waals surface area contributed by atoms with Gasteiger partial charge in [-0.05, 0) is 30.3 Å². The molecule has 1 heterocycles. The Bertz CT molecular complexity index is 836. The first-order valence-corrected chi connectivity index (χ1v) is 8.11. The Kier molecular flexibility index (Phi) is 4.76. The predicted molar refractivity (Wildman–Crippen MR) is 94.4 cm³/mol. The van der Waals surface area contributed by atoms with Crippen molar-refractivity contribution in [1.82, 2.24) is 10.2 Å². The van der Waals surface area contributed by atoms with E-state index in [0.717, 1.165) is 5.56 Å². The van der Waals surface area contributed by atoms with Crippen molar-refractivity contribution < 1.29 is 4.79 Å². The highest BCUT2D eigenvalue weighted by Gasteiger charge is 2.11. The fourth-order valence-electron chi connectivity index (χ4n) is 1.81. The van der Waals surface area contributed by atoms with Crippen molar-refractivity contribution in [2.45, 2.75) is 0 Å². The van der Waals surface area contributed by atoms with Crippen LogP contribution in [0.1, 0.15) is 0 Å². The van der Waals surface area contributed by atoms with Crippen molar-refractivity contribution >= 4 is 51.4 Å². The smallest absolute Gasteiger partial charge is 0.308 e. The van der Waals surface area contributed by atoms with Gasteiger partial charge in [0.05, 0.1) is 5.02 Å². The molecule has 8 heteroatoms. The van der Waals surface area contributed by atoms with Gasteiger partial charge in [-0.2, -0.15) is 0 Å². The molecule has 0 unspecified atom stereocenters. The third-order valence-corrected chi connectivity index (χ3v) is 4.31. The van der Waals surface area contributed by atoms with E-state index >= 15 is 0 Å². The molecule has 0 bridgehead atoms. The average molecular weight is 365 g/mol. The lowest BCUT2D eigenvalue weighted by atomic mass is 10.2. The van der Waals surface area contributed by atoms with Crippen LogP contribution in [0.2, 0.25) is 10.0 Å². The van der Waals surface area contributed by atoms with Gasteiger partial charge in [0.2, 0.25) is 5.13 Å². The number of halogens is 2. The maximum atomic E-state index is 11.9. The lowest BCUT2D eigenvalue weighted by Gasteiger charge is -2.04. The summed E-state index contributed by atoms with van der Waals surface area (Å²) in [5.41, 5.74) is 1.40. The topological polar surface area (TPSA) is 66.9 Å². The lowest BCUT2D eigenvalue weighted by Crippen LogP contribution is -2.19. The molecule has 2 aromatic carbocycles. The van der Waals surface area contributed by atoms with Crippen LogP contribution in [-0.4, -0.2) is 16.2 Å². The standard InChI is InChI=1S/C15H10Cl2N4OS/c16-9-5-7-10(8-6-9)18-14(22)19-15-21-20-13(23-15)11-3-1-2-4-12(11)17/h1-8H,(H2,18,19,21,22). The Morgan fingerprint density at radius 2 is 1.70 bits per heavy atom. The number of nitrogens with zero attached hydrogens (tertiary/aromatic N) is 2. The summed E-state index contributed by atoms with van der Waals surface area (Å²) in [6.45, 7) is 0. The zero-order valence-corrected chi connectivity index (χ0v) is 13.9. The van der Waals surface area contributed by atoms with Gasteiger partial charge in [-0.15, -0.1) is 10.2 Å². The quantitative estimate of drug-likeness (QED) is 0.674. The first-order chi connectivity index (χ1) is 11.1. The second kappa shape index (κ2) is 6.95. The normalized spacial score (nSPS) is 10.3. The summed E-state index contributed by atoms with van der Waals surface area (Å²) in [6.07, 6.45) is 0. The van der Waals surface area contributed by atoms with Gasteiger partial charge in [-0.25, -0.2) is 4.79 Å². The van der Waals surface area contributed by atoms with Crippen molar-refractivity contribution in [1.29, 1.82) is 0 Å². The van der Waals surface area contributed by atoms with Crippen LogP contribution in [0.25, 0.3) is 10.6 Å². The summed E-state index contributed by atoms with van der Waals surface area (Å²) in [5, 5.41) is 15.5. The molecular formula is C15H10Cl2N4OS. The van der Waals surface area contributed by atoms with Crippen LogP contribution in [0, 0.1) is 0 Å². The zero-order valence-electron chi connectivity index (χ0n) is 11.6. The molecule has 2 N–H and O–H groups in total. The average Bonchev–Trinajstić information content (AvgIpc) is 2.98. The summed E-state index contributed by atoms with van der Waals surface area (Å²) >= 11 is 13.2. The molecule has 0 saturated heterocycles. The minimum Gasteiger partial charge on any atom is -0.308 e. The largest absolute Gasteiger partial charge is 0.325 e. The Morgan fingerprint density at radius 1 is 0.957 bits per heavy atom. The van der Waals surface area contributed by atoms with E-state index in [-0.39, 0.29) is 0 Å². The Morgan fingerprint density at radius 3 is 2.43 bits per heavy atom. The minimum atomic E-state index is -0.408. The SMILES string of the molecule is O=C(Nc1ccc(Cl)cc1)Nc1nnc(-c2ccccc2Cl)s1. The number of nitrogens with one attached hydrogen (secondary N) is 2. The van der Waals surface area contributed by atoms with Gasteiger partial charge >= 0.3 is 6.03 Å². The van der Waals surface area contributed by atoms with E-state index in [2.05, 4.69) is 20.8 Å². The van der Waals surface area contributed by atoms with Crippen LogP contribution >= 0.6 is 34.5 Å². The molecule has 116 valence electrons. The molecule has 0 radical (unpaired) electrons. The fourth-order valence-corrected chi connectivity index (χ4v) is 3.00. The van der Waals surface area contributed by atoms with Gasteiger partial charge < -0.3 is 5.32 Å². The third-order valence-electron chi connectivity index (χ3n) is 2.85. The first-order valence-electron chi connectivity index (χ1n) is 6.54. The van der Waals surface area contributed by atoms with Crippen LogP contribution in [-0.2, 0) is 0 Å². The molecule has 2 amide bonds. The van der Waals surface area contributed by atoms with Crippen LogP contribution in [0.4, 0.5) is 15.6 Å². The fraction of sp³-hybridized carbons (Fsp3) is 0. The molecule has 3 aromatic rings. The van der Waals surface area contributed by atoms with Crippen molar-refractivity contribution in [3.63, 3.8) is 0 Å². The Labute approximate surface area is 146 Å². The van der Waals surface area contributed by atoms with E-state index in [9.17, 15) is 4.79 Å². The van der Waals surface area contributed by atoms with Crippen molar-refractivity contribution in [3.8, 4) is 10.6 Å². The monoisotopic (exact) mass is 364 g/mol. The van der Waals surface area contributed by atoms with Gasteiger partial charge in [0.25, 0.3) is 0 Å². The van der Waals surface area contributed by atoms with E-state index in [4.69, 9.17) is 23.2 Å². The van der Waals surface area contributed by atoms with Gasteiger partial charge in [0.15, 0.2) is 5.01 Å². The molecule has 0 aliphatic heterocycles. The molecule has 0 spiro atoms. The molecule has 0 atom stereocenters. The minimum absolute atomic E-state index is 0.381. The highest BCUT2D eigenvalue weighted by molar-refractivity contribution is 7.18. The number of anilines is 2. The summed E-state index contributed by atoms with van der Waals surface area (Å²) < 4.78 is 0. The van der Waals surface area contributed by atoms with E-state index in [1.165, 1.54) is 11.3 Å². The Balaban J connectivity index is 1.68. The molecule has 5 nitrogen and oxygen atoms in total. The number of urea groups is 1. The van der Waals surface area contributed by atoms with E-state index in [1.807, 2.05) is 18.2 Å². The number of hydrogen-bond donors (Lipinski definition) is 2. The first kappa shape index (κ1) is 15.7. The second-order valence-corrected chi connectivity index (χ2v) is 6.30. The van der Waals surface area contributed by atoms with Crippen molar-refractivity contribution in [3.05, 3.63) is 58.6 Å². The van der Waals surface area contributed by atoms with Crippen LogP contribution < -0.4 is 10.6 Å². The van der Waals surface area contributed by atoms with Gasteiger partial charge in [-0.3, -0.25) is 5.32 Å². The highest BCUT2D eigenvalue weighted by Crippen LogP contribution is 2.31. The summed E-state index contributed by atoms with van der Waals surface area (Å²) in [6, 6.07) is 13.7. The van der Waals surface area contributed by atoms with Gasteiger partial charge in [0.1, 0.15) is 0 Å². The highest BCUT2D eigenvalue weighted by atomic mass is 35.5. The number of aromatic nitrogens is 2. The molecule has 0 saturated carbocycles. The number of carbonyl (C=O) groups excluding carboxylic acids is 1. The number of hydrogen-bond acceptors (Lipinski definition) is 4. The molecule has 0 aliphatic rings. The van der Waals surface area contributed by atoms with E-state index < -0.39 is 6.03 Å². The van der Waals surface area contributed by atoms with Crippen molar-refractivity contribution in [2.24, 2.45) is 0 Å². The van der Waals surface area contributed by atoms with Crippen LogP contribution in [0.15, 0.2) is 48.5 Å². The maximum Gasteiger partial charge on any atom is 0.325 e. The summed E-state index contributed by atoms with van der Waals surface area (Å²) in [7, 11) is 0. The number of benzene rings is 2. The predicted octanol–water partition coefficient (Wildman–Crippen LogP) is 5.16. The molecule has 0 fully saturated rings. The van der Waals surface area contributed by atoms with Gasteiger partial charge in [0, 0.05) is 16.3 Å². The van der Waals surface area contributed by atoms with Crippen molar-refractivity contribution in [2.75, 3.05) is 10.6 Å². The van der Waals surface area contributed by atoms with Crippen LogP contribution in [0.5, 0.6) is 0 Å². The third kappa shape index (κ3) is 3.98. The molecule has 23 heavy (non-hydrogen) atoms. The molecule has 3 rings (SSSR count). The maximum absolute atomic E-state index is 11.9. The Hall–Kier alpha value is -2.15. The number of amides is 2. The van der Waals surface area contributed by atoms with E-state index in [0.29, 0.717) is 25.9 Å². The lowest BCUT2D eigenvalue weighted by molar-refractivity contribution is 0.262. The molecule has 1 aromatic heterocycles. The number of rotatable bonds is 3. The van der Waals surface area contributed by atoms with Crippen LogP contribution in [0.3, 0.4) is 0 Å². The zero-order chi connectivity index (χ0) is 16.2. The second-order valence-electron chi connectivity index (χ2n) is 4.48. The van der Waals surface area contributed by atoms with Gasteiger partial charge in [-0.1, -0.05) is 52.7 Å². The molecular weight excluding hydrogens is 355 g/mol. The number of carbonyl (C=O) groups is 1. The van der Waals surface area contributed by atoms with E-state index in [1.54, 1.807) is 30.3 Å².